The van der Waals surface area contributed by atoms with Gasteiger partial charge in [0.05, 0.1) is 13.2 Å². The van der Waals surface area contributed by atoms with Crippen molar-refractivity contribution in [1.82, 2.24) is 9.97 Å². The minimum absolute atomic E-state index is 0.143. The van der Waals surface area contributed by atoms with E-state index in [1.54, 1.807) is 19.5 Å². The molecule has 0 saturated carbocycles. The molecule has 2 N–H and O–H groups in total. The molecular formula is C15H17N3O. The Hall–Kier alpha value is -1.94. The lowest BCUT2D eigenvalue weighted by atomic mass is 9.94. The number of hydrogen-bond acceptors (Lipinski definition) is 4. The fourth-order valence-electron chi connectivity index (χ4n) is 2.79. The molecule has 4 nitrogen and oxygen atoms in total. The van der Waals surface area contributed by atoms with Crippen LogP contribution in [0.5, 0.6) is 5.88 Å². The fraction of sp³-hybridized carbons (Fsp3) is 0.333. The number of fused-ring (bicyclic) bond motifs is 1. The number of aromatic nitrogens is 2. The number of nitrogens with zero attached hydrogens (tertiary/aromatic N) is 2. The van der Waals surface area contributed by atoms with Crippen LogP contribution >= 0.6 is 0 Å². The summed E-state index contributed by atoms with van der Waals surface area (Å²) in [6.45, 7) is 0. The molecule has 0 aliphatic heterocycles. The minimum atomic E-state index is -0.143. The van der Waals surface area contributed by atoms with Crippen molar-refractivity contribution in [1.29, 1.82) is 0 Å². The van der Waals surface area contributed by atoms with Crippen LogP contribution in [0, 0.1) is 5.92 Å². The van der Waals surface area contributed by atoms with E-state index in [4.69, 9.17) is 10.5 Å². The zero-order valence-corrected chi connectivity index (χ0v) is 10.9. The predicted molar refractivity (Wildman–Crippen MR) is 72.9 cm³/mol. The minimum Gasteiger partial charge on any atom is -0.480 e. The molecule has 0 bridgehead atoms. The van der Waals surface area contributed by atoms with Gasteiger partial charge in [-0.15, -0.1) is 0 Å². The zero-order valence-electron chi connectivity index (χ0n) is 10.9. The van der Waals surface area contributed by atoms with Crippen LogP contribution in [0.25, 0.3) is 0 Å². The van der Waals surface area contributed by atoms with E-state index in [-0.39, 0.29) is 6.04 Å². The summed E-state index contributed by atoms with van der Waals surface area (Å²) in [5.41, 5.74) is 9.91. The van der Waals surface area contributed by atoms with E-state index >= 15 is 0 Å². The predicted octanol–water partition coefficient (Wildman–Crippen LogP) is 1.90. The average Bonchev–Trinajstić information content (AvgIpc) is 2.90. The van der Waals surface area contributed by atoms with Crippen LogP contribution in [0.4, 0.5) is 0 Å². The van der Waals surface area contributed by atoms with Crippen LogP contribution in [0.2, 0.25) is 0 Å². The maximum Gasteiger partial charge on any atom is 0.236 e. The molecule has 1 aliphatic rings. The molecule has 1 aromatic carbocycles. The highest BCUT2D eigenvalue weighted by molar-refractivity contribution is 5.34. The van der Waals surface area contributed by atoms with Crippen LogP contribution in [-0.2, 0) is 12.8 Å². The molecule has 2 aromatic rings. The summed E-state index contributed by atoms with van der Waals surface area (Å²) in [4.78, 5) is 8.52. The first-order chi connectivity index (χ1) is 9.29. The molecule has 0 spiro atoms. The van der Waals surface area contributed by atoms with Gasteiger partial charge in [-0.3, -0.25) is 4.98 Å². The van der Waals surface area contributed by atoms with Crippen LogP contribution in [0.1, 0.15) is 22.9 Å². The van der Waals surface area contributed by atoms with E-state index in [0.29, 0.717) is 11.8 Å². The zero-order chi connectivity index (χ0) is 13.2. The van der Waals surface area contributed by atoms with Crippen molar-refractivity contribution in [3.05, 3.63) is 53.5 Å². The summed E-state index contributed by atoms with van der Waals surface area (Å²) in [7, 11) is 1.60. The largest absolute Gasteiger partial charge is 0.480 e. The first kappa shape index (κ1) is 12.1. The molecule has 1 aromatic heterocycles. The highest BCUT2D eigenvalue weighted by atomic mass is 16.5. The van der Waals surface area contributed by atoms with Crippen molar-refractivity contribution in [3.63, 3.8) is 0 Å². The number of benzene rings is 1. The van der Waals surface area contributed by atoms with E-state index < -0.39 is 0 Å². The van der Waals surface area contributed by atoms with Crippen LogP contribution in [0.3, 0.4) is 0 Å². The summed E-state index contributed by atoms with van der Waals surface area (Å²) in [5, 5.41) is 0. The molecule has 98 valence electrons. The Morgan fingerprint density at radius 2 is 1.79 bits per heavy atom. The van der Waals surface area contributed by atoms with Crippen molar-refractivity contribution in [3.8, 4) is 5.88 Å². The topological polar surface area (TPSA) is 61.0 Å². The van der Waals surface area contributed by atoms with Gasteiger partial charge >= 0.3 is 0 Å². The van der Waals surface area contributed by atoms with Crippen molar-refractivity contribution < 1.29 is 4.74 Å². The van der Waals surface area contributed by atoms with Gasteiger partial charge in [0, 0.05) is 12.4 Å². The number of ether oxygens (including phenoxy) is 1. The SMILES string of the molecule is COc1nccnc1C(N)C1Cc2ccccc2C1. The summed E-state index contributed by atoms with van der Waals surface area (Å²) in [6, 6.07) is 8.37. The van der Waals surface area contributed by atoms with Gasteiger partial charge in [-0.25, -0.2) is 4.98 Å². The molecule has 1 heterocycles. The monoisotopic (exact) mass is 255 g/mol. The number of rotatable bonds is 3. The lowest BCUT2D eigenvalue weighted by Gasteiger charge is -2.19. The third-order valence-corrected chi connectivity index (χ3v) is 3.79. The molecule has 0 saturated heterocycles. The maximum absolute atomic E-state index is 6.37. The summed E-state index contributed by atoms with van der Waals surface area (Å²) in [5.74, 6) is 0.897. The Bertz CT molecular complexity index is 560. The lowest BCUT2D eigenvalue weighted by Crippen LogP contribution is -2.24. The maximum atomic E-state index is 6.37. The smallest absolute Gasteiger partial charge is 0.236 e. The van der Waals surface area contributed by atoms with Gasteiger partial charge in [-0.2, -0.15) is 0 Å². The highest BCUT2D eigenvalue weighted by Gasteiger charge is 2.29. The Morgan fingerprint density at radius 3 is 2.42 bits per heavy atom. The lowest BCUT2D eigenvalue weighted by molar-refractivity contribution is 0.366. The van der Waals surface area contributed by atoms with Gasteiger partial charge in [0.15, 0.2) is 0 Å². The number of hydrogen-bond donors (Lipinski definition) is 1. The fourth-order valence-corrected chi connectivity index (χ4v) is 2.79. The molecule has 1 unspecified atom stereocenters. The Morgan fingerprint density at radius 1 is 1.16 bits per heavy atom. The summed E-state index contributed by atoms with van der Waals surface area (Å²) < 4.78 is 5.25. The summed E-state index contributed by atoms with van der Waals surface area (Å²) >= 11 is 0. The van der Waals surface area contributed by atoms with Gasteiger partial charge < -0.3 is 10.5 Å². The van der Waals surface area contributed by atoms with Crippen LogP contribution in [0.15, 0.2) is 36.7 Å². The van der Waals surface area contributed by atoms with Gasteiger partial charge in [0.25, 0.3) is 0 Å². The van der Waals surface area contributed by atoms with E-state index in [0.717, 1.165) is 18.5 Å². The normalized spacial score (nSPS) is 16.1. The molecule has 1 aliphatic carbocycles. The van der Waals surface area contributed by atoms with Crippen LogP contribution in [-0.4, -0.2) is 17.1 Å². The first-order valence-corrected chi connectivity index (χ1v) is 6.47. The Balaban J connectivity index is 1.85. The second-order valence-corrected chi connectivity index (χ2v) is 4.91. The second-order valence-electron chi connectivity index (χ2n) is 4.91. The molecule has 19 heavy (non-hydrogen) atoms. The second kappa shape index (κ2) is 4.97. The standard InChI is InChI=1S/C15H17N3O/c1-19-15-14(17-6-7-18-15)13(16)12-8-10-4-2-3-5-11(10)9-12/h2-7,12-13H,8-9,16H2,1H3. The molecule has 3 rings (SSSR count). The Labute approximate surface area is 112 Å². The molecule has 0 fully saturated rings. The third-order valence-electron chi connectivity index (χ3n) is 3.79. The van der Waals surface area contributed by atoms with Crippen molar-refractivity contribution in [2.75, 3.05) is 7.11 Å². The Kier molecular flexibility index (Phi) is 3.17. The van der Waals surface area contributed by atoms with E-state index in [2.05, 4.69) is 34.2 Å². The molecule has 0 radical (unpaired) electrons. The number of methoxy groups -OCH3 is 1. The van der Waals surface area contributed by atoms with Gasteiger partial charge in [0.2, 0.25) is 5.88 Å². The van der Waals surface area contributed by atoms with Gasteiger partial charge in [-0.05, 0) is 29.9 Å². The van der Waals surface area contributed by atoms with E-state index in [1.807, 2.05) is 0 Å². The molecule has 1 atom stereocenters. The van der Waals surface area contributed by atoms with E-state index in [9.17, 15) is 0 Å². The molecule has 0 amide bonds. The average molecular weight is 255 g/mol. The first-order valence-electron chi connectivity index (χ1n) is 6.47. The highest BCUT2D eigenvalue weighted by Crippen LogP contribution is 2.35. The summed E-state index contributed by atoms with van der Waals surface area (Å²) in [6.07, 6.45) is 5.28. The van der Waals surface area contributed by atoms with Gasteiger partial charge in [0.1, 0.15) is 5.69 Å². The van der Waals surface area contributed by atoms with Gasteiger partial charge in [-0.1, -0.05) is 24.3 Å². The van der Waals surface area contributed by atoms with E-state index in [1.165, 1.54) is 11.1 Å². The quantitative estimate of drug-likeness (QED) is 0.910. The van der Waals surface area contributed by atoms with Crippen molar-refractivity contribution in [2.24, 2.45) is 11.7 Å². The molecule has 4 heteroatoms. The van der Waals surface area contributed by atoms with Crippen LogP contribution < -0.4 is 10.5 Å². The molecular weight excluding hydrogens is 238 g/mol. The third kappa shape index (κ3) is 2.19. The van der Waals surface area contributed by atoms with Crippen molar-refractivity contribution in [2.45, 2.75) is 18.9 Å². The van der Waals surface area contributed by atoms with Crippen molar-refractivity contribution >= 4 is 0 Å². The number of nitrogens with two attached hydrogens (primary N) is 1.